The smallest absolute Gasteiger partial charge is 0.327 e. The molecular formula is C32H33N3O6. The molecular weight excluding hydrogens is 522 g/mol. The van der Waals surface area contributed by atoms with Crippen molar-refractivity contribution in [2.75, 3.05) is 27.3 Å². The van der Waals surface area contributed by atoms with Crippen molar-refractivity contribution in [2.45, 2.75) is 24.5 Å². The van der Waals surface area contributed by atoms with E-state index in [1.54, 1.807) is 19.2 Å². The van der Waals surface area contributed by atoms with Crippen molar-refractivity contribution in [3.8, 4) is 5.75 Å². The first-order valence-electron chi connectivity index (χ1n) is 13.5. The summed E-state index contributed by atoms with van der Waals surface area (Å²) in [5.74, 6) is -3.02. The summed E-state index contributed by atoms with van der Waals surface area (Å²) in [6.07, 6.45) is 0.144. The summed E-state index contributed by atoms with van der Waals surface area (Å²) >= 11 is 0. The van der Waals surface area contributed by atoms with Gasteiger partial charge in [-0.1, -0.05) is 78.9 Å². The normalized spacial score (nSPS) is 23.3. The summed E-state index contributed by atoms with van der Waals surface area (Å²) in [6.45, 7) is -0.00905. The number of amides is 3. The van der Waals surface area contributed by atoms with Crippen molar-refractivity contribution >= 4 is 23.7 Å². The predicted molar refractivity (Wildman–Crippen MR) is 150 cm³/mol. The number of nitrogens with zero attached hydrogens (tertiary/aromatic N) is 2. The second-order valence-electron chi connectivity index (χ2n) is 10.5. The van der Waals surface area contributed by atoms with E-state index >= 15 is 0 Å². The topological polar surface area (TPSA) is 105 Å². The number of ether oxygens (including phenoxy) is 2. The van der Waals surface area contributed by atoms with Gasteiger partial charge in [-0.25, -0.2) is 0 Å². The lowest BCUT2D eigenvalue weighted by Crippen LogP contribution is -2.59. The lowest BCUT2D eigenvalue weighted by molar-refractivity contribution is -0.154. The summed E-state index contributed by atoms with van der Waals surface area (Å²) in [6, 6.07) is 26.9. The molecule has 41 heavy (non-hydrogen) atoms. The Morgan fingerprint density at radius 2 is 1.46 bits per heavy atom. The number of rotatable bonds is 10. The molecule has 3 amide bonds. The first-order chi connectivity index (χ1) is 19.8. The summed E-state index contributed by atoms with van der Waals surface area (Å²) in [5, 5.41) is 3.33. The van der Waals surface area contributed by atoms with Gasteiger partial charge < -0.3 is 14.4 Å². The highest BCUT2D eigenvalue weighted by atomic mass is 16.5. The molecule has 212 valence electrons. The van der Waals surface area contributed by atoms with Gasteiger partial charge >= 0.3 is 5.97 Å². The van der Waals surface area contributed by atoms with Gasteiger partial charge in [-0.3, -0.25) is 29.4 Å². The molecule has 2 heterocycles. The van der Waals surface area contributed by atoms with E-state index in [0.29, 0.717) is 5.75 Å². The van der Waals surface area contributed by atoms with Crippen LogP contribution in [0, 0.1) is 11.8 Å². The van der Waals surface area contributed by atoms with Gasteiger partial charge in [0.25, 0.3) is 5.91 Å². The number of para-hydroxylation sites is 1. The molecule has 0 unspecified atom stereocenters. The first kappa shape index (κ1) is 28.0. The largest absolute Gasteiger partial charge is 0.484 e. The average Bonchev–Trinajstić information content (AvgIpc) is 3.45. The maximum absolute atomic E-state index is 14.0. The maximum atomic E-state index is 14.0. The molecule has 3 aromatic rings. The quantitative estimate of drug-likeness (QED) is 0.303. The van der Waals surface area contributed by atoms with Gasteiger partial charge in [-0.15, -0.1) is 0 Å². The standard InChI is InChI=1S/C32H33N3O6/c1-34(26(36)21-41-24-16-10-5-11-17-24)20-25-27-28(30(38)35(29(27)37)19-23-14-8-4-9-15-23)32(33-25,31(39)40-2)18-22-12-6-3-7-13-22/h3-17,25,27-28,33H,18-21H2,1-2H3/t25-,27+,28-,32-/m1/s1. The number of nitrogens with one attached hydrogen (secondary N) is 1. The molecule has 0 saturated carbocycles. The van der Waals surface area contributed by atoms with Crippen LogP contribution in [0.4, 0.5) is 0 Å². The number of likely N-dealkylation sites (tertiary alicyclic amines) is 1. The number of hydrogen-bond acceptors (Lipinski definition) is 7. The Kier molecular flexibility index (Phi) is 8.16. The summed E-state index contributed by atoms with van der Waals surface area (Å²) < 4.78 is 10.9. The van der Waals surface area contributed by atoms with Gasteiger partial charge in [0.2, 0.25) is 11.8 Å². The highest BCUT2D eigenvalue weighted by Crippen LogP contribution is 2.45. The molecule has 2 fully saturated rings. The molecule has 1 N–H and O–H groups in total. The summed E-state index contributed by atoms with van der Waals surface area (Å²) in [4.78, 5) is 57.2. The second-order valence-corrected chi connectivity index (χ2v) is 10.5. The highest BCUT2D eigenvalue weighted by molar-refractivity contribution is 6.09. The molecule has 0 bridgehead atoms. The van der Waals surface area contributed by atoms with Crippen molar-refractivity contribution in [1.29, 1.82) is 0 Å². The molecule has 0 spiro atoms. The molecule has 2 aliphatic rings. The SMILES string of the molecule is COC(=O)[C@]1(Cc2ccccc2)N[C@H](CN(C)C(=O)COc2ccccc2)[C@@H]2C(=O)N(Cc3ccccc3)C(=O)[C@@H]21. The fourth-order valence-electron chi connectivity index (χ4n) is 5.95. The number of hydrogen-bond donors (Lipinski definition) is 1. The molecule has 2 saturated heterocycles. The van der Waals surface area contributed by atoms with Crippen molar-refractivity contribution in [3.63, 3.8) is 0 Å². The monoisotopic (exact) mass is 555 g/mol. The van der Waals surface area contributed by atoms with Crippen LogP contribution in [0.1, 0.15) is 11.1 Å². The summed E-state index contributed by atoms with van der Waals surface area (Å²) in [7, 11) is 2.89. The zero-order valence-corrected chi connectivity index (χ0v) is 23.1. The average molecular weight is 556 g/mol. The minimum absolute atomic E-state index is 0.0872. The Hall–Kier alpha value is -4.50. The fraction of sp³-hybridized carbons (Fsp3) is 0.312. The van der Waals surface area contributed by atoms with Crippen LogP contribution in [-0.2, 0) is 36.9 Å². The number of carbonyl (C=O) groups excluding carboxylic acids is 4. The molecule has 0 aromatic heterocycles. The van der Waals surface area contributed by atoms with E-state index in [9.17, 15) is 19.2 Å². The lowest BCUT2D eigenvalue weighted by atomic mass is 9.76. The van der Waals surface area contributed by atoms with E-state index in [-0.39, 0.29) is 37.9 Å². The molecule has 4 atom stereocenters. The van der Waals surface area contributed by atoms with Crippen LogP contribution in [0.3, 0.4) is 0 Å². The first-order valence-corrected chi connectivity index (χ1v) is 13.5. The molecule has 3 aromatic carbocycles. The van der Waals surface area contributed by atoms with Gasteiger partial charge in [0, 0.05) is 26.1 Å². The number of carbonyl (C=O) groups is 4. The fourth-order valence-corrected chi connectivity index (χ4v) is 5.95. The molecule has 9 heteroatoms. The van der Waals surface area contributed by atoms with Gasteiger partial charge in [0.05, 0.1) is 25.5 Å². The molecule has 0 aliphatic carbocycles. The number of methoxy groups -OCH3 is 1. The van der Waals surface area contributed by atoms with Crippen LogP contribution >= 0.6 is 0 Å². The van der Waals surface area contributed by atoms with E-state index in [1.807, 2.05) is 78.9 Å². The van der Waals surface area contributed by atoms with Gasteiger partial charge in [-0.2, -0.15) is 0 Å². The van der Waals surface area contributed by atoms with Crippen LogP contribution in [0.2, 0.25) is 0 Å². The Bertz CT molecular complexity index is 1400. The zero-order valence-electron chi connectivity index (χ0n) is 23.1. The van der Waals surface area contributed by atoms with Gasteiger partial charge in [0.1, 0.15) is 11.3 Å². The van der Waals surface area contributed by atoms with Crippen molar-refractivity contribution in [2.24, 2.45) is 11.8 Å². The third-order valence-electron chi connectivity index (χ3n) is 7.91. The third-order valence-corrected chi connectivity index (χ3v) is 7.91. The van der Waals surface area contributed by atoms with Crippen LogP contribution in [0.5, 0.6) is 5.75 Å². The minimum Gasteiger partial charge on any atom is -0.484 e. The maximum Gasteiger partial charge on any atom is 0.327 e. The minimum atomic E-state index is -1.49. The van der Waals surface area contributed by atoms with Crippen LogP contribution < -0.4 is 10.1 Å². The number of esters is 1. The van der Waals surface area contributed by atoms with E-state index in [4.69, 9.17) is 9.47 Å². The highest BCUT2D eigenvalue weighted by Gasteiger charge is 2.68. The molecule has 2 aliphatic heterocycles. The molecule has 9 nitrogen and oxygen atoms in total. The van der Waals surface area contributed by atoms with Crippen LogP contribution in [0.15, 0.2) is 91.0 Å². The second kappa shape index (κ2) is 11.9. The molecule has 0 radical (unpaired) electrons. The Labute approximate surface area is 239 Å². The van der Waals surface area contributed by atoms with E-state index in [0.717, 1.165) is 11.1 Å². The number of fused-ring (bicyclic) bond motifs is 1. The summed E-state index contributed by atoms with van der Waals surface area (Å²) in [5.41, 5.74) is 0.122. The molecule has 5 rings (SSSR count). The lowest BCUT2D eigenvalue weighted by Gasteiger charge is -2.33. The Balaban J connectivity index is 1.45. The Morgan fingerprint density at radius 3 is 2.07 bits per heavy atom. The van der Waals surface area contributed by atoms with Gasteiger partial charge in [-0.05, 0) is 23.3 Å². The predicted octanol–water partition coefficient (Wildman–Crippen LogP) is 2.45. The van der Waals surface area contributed by atoms with E-state index in [2.05, 4.69) is 5.32 Å². The number of benzene rings is 3. The van der Waals surface area contributed by atoms with E-state index in [1.165, 1.54) is 16.9 Å². The van der Waals surface area contributed by atoms with Gasteiger partial charge in [0.15, 0.2) is 6.61 Å². The zero-order chi connectivity index (χ0) is 29.0. The third kappa shape index (κ3) is 5.58. The van der Waals surface area contributed by atoms with Crippen molar-refractivity contribution < 1.29 is 28.7 Å². The van der Waals surface area contributed by atoms with E-state index < -0.39 is 35.3 Å². The van der Waals surface area contributed by atoms with Crippen LogP contribution in [-0.4, -0.2) is 72.4 Å². The van der Waals surface area contributed by atoms with Crippen molar-refractivity contribution in [3.05, 3.63) is 102 Å². The van der Waals surface area contributed by atoms with Crippen molar-refractivity contribution in [1.82, 2.24) is 15.1 Å². The number of likely N-dealkylation sites (N-methyl/N-ethyl adjacent to an activating group) is 1. The Morgan fingerprint density at radius 1 is 0.878 bits per heavy atom. The number of imide groups is 1. The van der Waals surface area contributed by atoms with Crippen LogP contribution in [0.25, 0.3) is 0 Å².